The SMILES string of the molecule is COCCN(C(=O)CCc1ccc(OC)c(OC)c1)c1c(N)n(Cc2ccccc2)c(=O)[nH]c1=O. The quantitative estimate of drug-likeness (QED) is 0.426. The second-order valence-electron chi connectivity index (χ2n) is 7.79. The molecule has 3 rings (SSSR count). The number of carbonyl (C=O) groups is 1. The van der Waals surface area contributed by atoms with Gasteiger partial charge in [0.2, 0.25) is 5.91 Å². The molecule has 3 N–H and O–H groups in total. The number of nitrogens with one attached hydrogen (secondary N) is 1. The van der Waals surface area contributed by atoms with Gasteiger partial charge in [0.15, 0.2) is 17.2 Å². The number of hydrogen-bond acceptors (Lipinski definition) is 7. The molecule has 1 amide bonds. The molecule has 10 nitrogen and oxygen atoms in total. The monoisotopic (exact) mass is 482 g/mol. The summed E-state index contributed by atoms with van der Waals surface area (Å²) in [6.07, 6.45) is 0.486. The zero-order chi connectivity index (χ0) is 25.4. The number of nitrogen functional groups attached to an aromatic ring is 1. The van der Waals surface area contributed by atoms with Crippen LogP contribution in [0.4, 0.5) is 11.5 Å². The molecular weight excluding hydrogens is 452 g/mol. The number of H-pyrrole nitrogens is 1. The number of aromatic amines is 1. The molecule has 0 fully saturated rings. The molecule has 35 heavy (non-hydrogen) atoms. The fourth-order valence-electron chi connectivity index (χ4n) is 3.73. The van der Waals surface area contributed by atoms with Crippen molar-refractivity contribution in [3.05, 3.63) is 80.5 Å². The van der Waals surface area contributed by atoms with E-state index in [-0.39, 0.29) is 43.5 Å². The second kappa shape index (κ2) is 11.9. The first-order valence-electron chi connectivity index (χ1n) is 11.1. The van der Waals surface area contributed by atoms with Crippen molar-refractivity contribution in [3.63, 3.8) is 0 Å². The van der Waals surface area contributed by atoms with Gasteiger partial charge in [0.05, 0.1) is 27.4 Å². The number of aromatic nitrogens is 2. The van der Waals surface area contributed by atoms with E-state index in [9.17, 15) is 14.4 Å². The van der Waals surface area contributed by atoms with Gasteiger partial charge >= 0.3 is 5.69 Å². The highest BCUT2D eigenvalue weighted by molar-refractivity contribution is 5.95. The number of rotatable bonds is 11. The van der Waals surface area contributed by atoms with E-state index in [1.165, 1.54) is 16.6 Å². The number of aryl methyl sites for hydroxylation is 1. The molecule has 0 aliphatic carbocycles. The fourth-order valence-corrected chi connectivity index (χ4v) is 3.73. The first-order valence-corrected chi connectivity index (χ1v) is 11.1. The van der Waals surface area contributed by atoms with Crippen molar-refractivity contribution in [2.45, 2.75) is 19.4 Å². The average Bonchev–Trinajstić information content (AvgIpc) is 2.87. The highest BCUT2D eigenvalue weighted by Crippen LogP contribution is 2.28. The molecule has 0 radical (unpaired) electrons. The molecule has 0 spiro atoms. The Hall–Kier alpha value is -4.05. The third kappa shape index (κ3) is 6.10. The van der Waals surface area contributed by atoms with Gasteiger partial charge in [-0.15, -0.1) is 0 Å². The van der Waals surface area contributed by atoms with Crippen LogP contribution >= 0.6 is 0 Å². The van der Waals surface area contributed by atoms with Crippen molar-refractivity contribution < 1.29 is 19.0 Å². The number of methoxy groups -OCH3 is 3. The Balaban J connectivity index is 1.91. The lowest BCUT2D eigenvalue weighted by Gasteiger charge is -2.24. The number of benzene rings is 2. The molecule has 0 aliphatic rings. The summed E-state index contributed by atoms with van der Waals surface area (Å²) in [5.41, 5.74) is 6.53. The first kappa shape index (κ1) is 25.6. The molecule has 10 heteroatoms. The minimum Gasteiger partial charge on any atom is -0.493 e. The van der Waals surface area contributed by atoms with Gasteiger partial charge < -0.3 is 24.8 Å². The van der Waals surface area contributed by atoms with E-state index in [0.29, 0.717) is 17.9 Å². The van der Waals surface area contributed by atoms with Crippen LogP contribution in [-0.2, 0) is 22.5 Å². The molecule has 1 heterocycles. The summed E-state index contributed by atoms with van der Waals surface area (Å²) in [6, 6.07) is 14.6. The minimum absolute atomic E-state index is 0.0742. The smallest absolute Gasteiger partial charge is 0.330 e. The molecule has 3 aromatic rings. The Morgan fingerprint density at radius 2 is 1.71 bits per heavy atom. The number of ether oxygens (including phenoxy) is 3. The van der Waals surface area contributed by atoms with E-state index in [1.807, 2.05) is 36.4 Å². The van der Waals surface area contributed by atoms with Crippen molar-refractivity contribution in [3.8, 4) is 11.5 Å². The Bertz CT molecular complexity index is 1270. The van der Waals surface area contributed by atoms with Gasteiger partial charge in [-0.1, -0.05) is 36.4 Å². The molecule has 0 bridgehead atoms. The largest absolute Gasteiger partial charge is 0.493 e. The zero-order valence-electron chi connectivity index (χ0n) is 20.1. The minimum atomic E-state index is -0.729. The van der Waals surface area contributed by atoms with Gasteiger partial charge in [-0.25, -0.2) is 4.79 Å². The standard InChI is InChI=1S/C25H30N4O6/c1-33-14-13-28(21(30)12-10-17-9-11-19(34-2)20(15-17)35-3)22-23(26)29(25(32)27-24(22)31)16-18-7-5-4-6-8-18/h4-9,11,15H,10,12-14,16,26H2,1-3H3,(H,27,31,32). The predicted molar refractivity (Wildman–Crippen MR) is 133 cm³/mol. The van der Waals surface area contributed by atoms with E-state index in [1.54, 1.807) is 26.4 Å². The normalized spacial score (nSPS) is 10.7. The lowest BCUT2D eigenvalue weighted by molar-refractivity contribution is -0.118. The van der Waals surface area contributed by atoms with Crippen LogP contribution in [0.2, 0.25) is 0 Å². The summed E-state index contributed by atoms with van der Waals surface area (Å²) in [7, 11) is 4.59. The fraction of sp³-hybridized carbons (Fsp3) is 0.320. The van der Waals surface area contributed by atoms with Crippen molar-refractivity contribution in [1.29, 1.82) is 0 Å². The number of carbonyl (C=O) groups excluding carboxylic acids is 1. The topological polar surface area (TPSA) is 129 Å². The van der Waals surface area contributed by atoms with Gasteiger partial charge in [-0.2, -0.15) is 0 Å². The Morgan fingerprint density at radius 1 is 1.00 bits per heavy atom. The van der Waals surface area contributed by atoms with E-state index >= 15 is 0 Å². The average molecular weight is 483 g/mol. The second-order valence-corrected chi connectivity index (χ2v) is 7.79. The molecule has 0 saturated heterocycles. The highest BCUT2D eigenvalue weighted by atomic mass is 16.5. The summed E-state index contributed by atoms with van der Waals surface area (Å²) in [5.74, 6) is 0.726. The molecule has 0 atom stereocenters. The maximum Gasteiger partial charge on any atom is 0.330 e. The molecule has 186 valence electrons. The van der Waals surface area contributed by atoms with Crippen molar-refractivity contribution in [2.75, 3.05) is 45.1 Å². The lowest BCUT2D eigenvalue weighted by Crippen LogP contribution is -2.42. The van der Waals surface area contributed by atoms with Crippen molar-refractivity contribution in [2.24, 2.45) is 0 Å². The van der Waals surface area contributed by atoms with E-state index in [0.717, 1.165) is 11.1 Å². The number of anilines is 2. The molecule has 0 saturated carbocycles. The summed E-state index contributed by atoms with van der Waals surface area (Å²) < 4.78 is 17.0. The van der Waals surface area contributed by atoms with Crippen molar-refractivity contribution in [1.82, 2.24) is 9.55 Å². The van der Waals surface area contributed by atoms with Gasteiger partial charge in [0.1, 0.15) is 5.82 Å². The van der Waals surface area contributed by atoms with Crippen molar-refractivity contribution >= 4 is 17.4 Å². The van der Waals surface area contributed by atoms with E-state index in [2.05, 4.69) is 4.98 Å². The Morgan fingerprint density at radius 3 is 2.37 bits per heavy atom. The first-order chi connectivity index (χ1) is 16.9. The molecule has 0 aliphatic heterocycles. The van der Waals surface area contributed by atoms with Crippen LogP contribution in [0.15, 0.2) is 58.1 Å². The van der Waals surface area contributed by atoms with Gasteiger partial charge in [-0.05, 0) is 29.7 Å². The highest BCUT2D eigenvalue weighted by Gasteiger charge is 2.24. The maximum atomic E-state index is 13.3. The van der Waals surface area contributed by atoms with Crippen LogP contribution in [0.3, 0.4) is 0 Å². The van der Waals surface area contributed by atoms with Crippen LogP contribution in [-0.4, -0.2) is 49.9 Å². The summed E-state index contributed by atoms with van der Waals surface area (Å²) in [5, 5.41) is 0. The maximum absolute atomic E-state index is 13.3. The number of hydrogen-bond donors (Lipinski definition) is 2. The van der Waals surface area contributed by atoms with E-state index < -0.39 is 11.2 Å². The van der Waals surface area contributed by atoms with Gasteiger partial charge in [-0.3, -0.25) is 19.1 Å². The summed E-state index contributed by atoms with van der Waals surface area (Å²) in [6.45, 7) is 0.421. The predicted octanol–water partition coefficient (Wildman–Crippen LogP) is 1.80. The van der Waals surface area contributed by atoms with Crippen LogP contribution in [0.5, 0.6) is 11.5 Å². The Labute approximate surface area is 202 Å². The van der Waals surface area contributed by atoms with Crippen LogP contribution < -0.4 is 31.4 Å². The molecule has 0 unspecified atom stereocenters. The molecule has 2 aromatic carbocycles. The van der Waals surface area contributed by atoms with E-state index in [4.69, 9.17) is 19.9 Å². The number of nitrogens with two attached hydrogens (primary N) is 1. The zero-order valence-corrected chi connectivity index (χ0v) is 20.1. The third-order valence-corrected chi connectivity index (χ3v) is 5.56. The van der Waals surface area contributed by atoms with Crippen LogP contribution in [0, 0.1) is 0 Å². The molecule has 1 aromatic heterocycles. The Kier molecular flexibility index (Phi) is 8.69. The summed E-state index contributed by atoms with van der Waals surface area (Å²) in [4.78, 5) is 42.2. The third-order valence-electron chi connectivity index (χ3n) is 5.56. The number of amides is 1. The molecular formula is C25H30N4O6. The van der Waals surface area contributed by atoms with Gasteiger partial charge in [0, 0.05) is 20.1 Å². The number of nitrogens with zero attached hydrogens (tertiary/aromatic N) is 2. The summed E-state index contributed by atoms with van der Waals surface area (Å²) >= 11 is 0. The van der Waals surface area contributed by atoms with Gasteiger partial charge in [0.25, 0.3) is 5.56 Å². The van der Waals surface area contributed by atoms with Crippen LogP contribution in [0.1, 0.15) is 17.5 Å². The lowest BCUT2D eigenvalue weighted by atomic mass is 10.1. The van der Waals surface area contributed by atoms with Crippen LogP contribution in [0.25, 0.3) is 0 Å².